The van der Waals surface area contributed by atoms with Gasteiger partial charge in [0, 0.05) is 19.1 Å². The van der Waals surface area contributed by atoms with Gasteiger partial charge in [0.05, 0.1) is 0 Å². The fraction of sp³-hybridized carbons (Fsp3) is 0.625. The van der Waals surface area contributed by atoms with Crippen LogP contribution in [0.3, 0.4) is 0 Å². The van der Waals surface area contributed by atoms with Crippen molar-refractivity contribution in [2.45, 2.75) is 44.7 Å². The molecule has 2 aliphatic rings. The number of hydrogen-bond acceptors (Lipinski definition) is 2. The first-order valence-corrected chi connectivity index (χ1v) is 7.44. The molecule has 2 heteroatoms. The third kappa shape index (κ3) is 2.93. The van der Waals surface area contributed by atoms with Gasteiger partial charge in [-0.2, -0.15) is 0 Å². The Morgan fingerprint density at radius 3 is 2.50 bits per heavy atom. The minimum atomic E-state index is 0.651. The summed E-state index contributed by atoms with van der Waals surface area (Å²) in [6.07, 6.45) is 6.84. The molecule has 2 heterocycles. The molecule has 1 aromatic rings. The summed E-state index contributed by atoms with van der Waals surface area (Å²) < 4.78 is 0. The molecule has 0 aliphatic carbocycles. The van der Waals surface area contributed by atoms with Crippen molar-refractivity contribution < 1.29 is 0 Å². The van der Waals surface area contributed by atoms with Gasteiger partial charge in [-0.05, 0) is 43.5 Å². The summed E-state index contributed by atoms with van der Waals surface area (Å²) in [5.74, 6) is 0. The fourth-order valence-electron chi connectivity index (χ4n) is 3.28. The molecule has 18 heavy (non-hydrogen) atoms. The number of likely N-dealkylation sites (tertiary alicyclic amines) is 1. The topological polar surface area (TPSA) is 15.3 Å². The van der Waals surface area contributed by atoms with Gasteiger partial charge in [0.15, 0.2) is 0 Å². The van der Waals surface area contributed by atoms with Gasteiger partial charge in [0.1, 0.15) is 0 Å². The molecule has 98 valence electrons. The molecule has 1 saturated heterocycles. The van der Waals surface area contributed by atoms with Crippen molar-refractivity contribution in [2.75, 3.05) is 19.6 Å². The molecule has 0 saturated carbocycles. The van der Waals surface area contributed by atoms with Gasteiger partial charge in [0.25, 0.3) is 0 Å². The maximum Gasteiger partial charge on any atom is 0.0238 e. The smallest absolute Gasteiger partial charge is 0.0238 e. The zero-order valence-electron chi connectivity index (χ0n) is 11.2. The van der Waals surface area contributed by atoms with E-state index in [1.165, 1.54) is 57.3 Å². The zero-order chi connectivity index (χ0) is 12.2. The van der Waals surface area contributed by atoms with Gasteiger partial charge in [0.2, 0.25) is 0 Å². The number of benzene rings is 1. The van der Waals surface area contributed by atoms with E-state index in [2.05, 4.69) is 34.5 Å². The Balaban J connectivity index is 1.58. The highest BCUT2D eigenvalue weighted by Crippen LogP contribution is 2.18. The first kappa shape index (κ1) is 12.2. The summed E-state index contributed by atoms with van der Waals surface area (Å²) in [4.78, 5) is 2.67. The van der Waals surface area contributed by atoms with Crippen LogP contribution in [0.4, 0.5) is 0 Å². The van der Waals surface area contributed by atoms with Crippen LogP contribution in [0.25, 0.3) is 0 Å². The molecule has 0 unspecified atom stereocenters. The fourth-order valence-corrected chi connectivity index (χ4v) is 3.28. The number of nitrogens with one attached hydrogen (secondary N) is 1. The molecule has 1 fully saturated rings. The van der Waals surface area contributed by atoms with Crippen molar-refractivity contribution in [1.29, 1.82) is 0 Å². The van der Waals surface area contributed by atoms with Gasteiger partial charge >= 0.3 is 0 Å². The lowest BCUT2D eigenvalue weighted by Gasteiger charge is -2.31. The van der Waals surface area contributed by atoms with Crippen molar-refractivity contribution in [3.05, 3.63) is 35.4 Å². The molecule has 1 N–H and O–H groups in total. The molecule has 2 aliphatic heterocycles. The normalized spacial score (nSPS) is 25.4. The summed E-state index contributed by atoms with van der Waals surface area (Å²) in [5.41, 5.74) is 3.04. The minimum Gasteiger partial charge on any atom is -0.308 e. The Morgan fingerprint density at radius 2 is 1.72 bits per heavy atom. The highest BCUT2D eigenvalue weighted by atomic mass is 15.1. The summed E-state index contributed by atoms with van der Waals surface area (Å²) in [7, 11) is 0. The van der Waals surface area contributed by atoms with Crippen molar-refractivity contribution in [1.82, 2.24) is 10.2 Å². The van der Waals surface area contributed by atoms with Crippen LogP contribution in [0.2, 0.25) is 0 Å². The van der Waals surface area contributed by atoms with Crippen molar-refractivity contribution in [3.8, 4) is 0 Å². The number of hydrogen-bond donors (Lipinski definition) is 1. The maximum absolute atomic E-state index is 3.70. The third-order valence-corrected chi connectivity index (χ3v) is 4.34. The third-order valence-electron chi connectivity index (χ3n) is 4.34. The Morgan fingerprint density at radius 1 is 1.00 bits per heavy atom. The van der Waals surface area contributed by atoms with Crippen LogP contribution in [0, 0.1) is 0 Å². The van der Waals surface area contributed by atoms with E-state index in [1.807, 2.05) is 0 Å². The molecular formula is C16H24N2. The molecule has 1 atom stereocenters. The highest BCUT2D eigenvalue weighted by molar-refractivity contribution is 5.29. The lowest BCUT2D eigenvalue weighted by molar-refractivity contribution is 0.244. The van der Waals surface area contributed by atoms with Crippen LogP contribution in [-0.4, -0.2) is 30.6 Å². The van der Waals surface area contributed by atoms with Crippen LogP contribution in [0.15, 0.2) is 24.3 Å². The quantitative estimate of drug-likeness (QED) is 0.860. The summed E-state index contributed by atoms with van der Waals surface area (Å²) in [6, 6.07) is 9.52. The molecule has 0 radical (unpaired) electrons. The summed E-state index contributed by atoms with van der Waals surface area (Å²) in [6.45, 7) is 4.89. The van der Waals surface area contributed by atoms with E-state index >= 15 is 0 Å². The molecule has 1 aromatic carbocycles. The van der Waals surface area contributed by atoms with Gasteiger partial charge in [-0.1, -0.05) is 37.1 Å². The second-order valence-electron chi connectivity index (χ2n) is 5.77. The average molecular weight is 244 g/mol. The van der Waals surface area contributed by atoms with E-state index in [4.69, 9.17) is 0 Å². The van der Waals surface area contributed by atoms with Crippen LogP contribution in [0.1, 0.15) is 36.8 Å². The van der Waals surface area contributed by atoms with Gasteiger partial charge in [-0.25, -0.2) is 0 Å². The molecule has 3 rings (SSSR count). The number of nitrogens with zero attached hydrogens (tertiary/aromatic N) is 1. The Hall–Kier alpha value is -0.860. The van der Waals surface area contributed by atoms with E-state index in [0.29, 0.717) is 6.04 Å². The largest absolute Gasteiger partial charge is 0.308 e. The minimum absolute atomic E-state index is 0.651. The van der Waals surface area contributed by atoms with Crippen LogP contribution in [0.5, 0.6) is 0 Å². The monoisotopic (exact) mass is 244 g/mol. The summed E-state index contributed by atoms with van der Waals surface area (Å²) >= 11 is 0. The van der Waals surface area contributed by atoms with Crippen LogP contribution in [-0.2, 0) is 13.0 Å². The average Bonchev–Trinajstić information content (AvgIpc) is 2.67. The first-order valence-electron chi connectivity index (χ1n) is 7.44. The molecule has 0 amide bonds. The standard InChI is InChI=1S/C16H24N2/c1-2-6-10-18(9-5-1)13-16-11-14-7-3-4-8-15(14)12-17-16/h3-4,7-8,16-17H,1-2,5-6,9-13H2/t16-/m0/s1. The number of rotatable bonds is 2. The summed E-state index contributed by atoms with van der Waals surface area (Å²) in [5, 5.41) is 3.70. The lowest BCUT2D eigenvalue weighted by Crippen LogP contribution is -2.44. The van der Waals surface area contributed by atoms with E-state index in [9.17, 15) is 0 Å². The Labute approximate surface area is 110 Å². The highest BCUT2D eigenvalue weighted by Gasteiger charge is 2.20. The van der Waals surface area contributed by atoms with E-state index in [0.717, 1.165) is 6.54 Å². The lowest BCUT2D eigenvalue weighted by atomic mass is 9.95. The van der Waals surface area contributed by atoms with E-state index in [1.54, 1.807) is 5.56 Å². The molecular weight excluding hydrogens is 220 g/mol. The van der Waals surface area contributed by atoms with Crippen LogP contribution >= 0.6 is 0 Å². The molecule has 0 bridgehead atoms. The Kier molecular flexibility index (Phi) is 3.96. The zero-order valence-corrected chi connectivity index (χ0v) is 11.2. The second kappa shape index (κ2) is 5.85. The van der Waals surface area contributed by atoms with Crippen LogP contribution < -0.4 is 5.32 Å². The van der Waals surface area contributed by atoms with Crippen molar-refractivity contribution in [2.24, 2.45) is 0 Å². The SMILES string of the molecule is c1ccc2c(c1)CN[C@H](CN1CCCCCC1)C2. The maximum atomic E-state index is 3.70. The van der Waals surface area contributed by atoms with Gasteiger partial charge in [-0.15, -0.1) is 0 Å². The molecule has 0 aromatic heterocycles. The number of fused-ring (bicyclic) bond motifs is 1. The van der Waals surface area contributed by atoms with Crippen molar-refractivity contribution >= 4 is 0 Å². The van der Waals surface area contributed by atoms with E-state index < -0.39 is 0 Å². The Bertz CT molecular complexity index is 380. The molecule has 2 nitrogen and oxygen atoms in total. The van der Waals surface area contributed by atoms with Gasteiger partial charge in [-0.3, -0.25) is 0 Å². The molecule has 0 spiro atoms. The van der Waals surface area contributed by atoms with E-state index in [-0.39, 0.29) is 0 Å². The first-order chi connectivity index (χ1) is 8.92. The second-order valence-corrected chi connectivity index (χ2v) is 5.77. The predicted molar refractivity (Wildman–Crippen MR) is 75.7 cm³/mol. The van der Waals surface area contributed by atoms with Crippen molar-refractivity contribution in [3.63, 3.8) is 0 Å². The predicted octanol–water partition coefficient (Wildman–Crippen LogP) is 2.58. The van der Waals surface area contributed by atoms with Gasteiger partial charge < -0.3 is 10.2 Å².